The molecule has 0 atom stereocenters. The first-order valence-corrected chi connectivity index (χ1v) is 24.2. The summed E-state index contributed by atoms with van der Waals surface area (Å²) in [6.45, 7) is 0. The van der Waals surface area contributed by atoms with Gasteiger partial charge in [0.1, 0.15) is 0 Å². The van der Waals surface area contributed by atoms with E-state index in [4.69, 9.17) is 18.9 Å². The fourth-order valence-electron chi connectivity index (χ4n) is 10.0. The molecule has 12 nitrogen and oxygen atoms in total. The van der Waals surface area contributed by atoms with Gasteiger partial charge in [0.2, 0.25) is 0 Å². The SMILES string of the molecule is BrBr.O=C1OC(=O)c2cc(Br)c3c4ccc5c6c(cc(Br)c(c7ccc1c2c73)c64)C(=O)OC5=O.O=C1OC(=O)c2ccc3c4ccc5c6c(ccc(c7ccc1c2c73)c64)C(=O)OC5=O. The number of carbonyl (C=O) groups excluding carboxylic acids is 8. The molecule has 14 rings (SSSR count). The van der Waals surface area contributed by atoms with Gasteiger partial charge >= 0.3 is 47.8 Å². The Morgan fingerprint density at radius 1 is 0.250 bits per heavy atom. The zero-order valence-electron chi connectivity index (χ0n) is 31.5. The first-order valence-electron chi connectivity index (χ1n) is 18.9. The number of hydrogen-bond donors (Lipinski definition) is 0. The molecule has 0 aromatic heterocycles. The summed E-state index contributed by atoms with van der Waals surface area (Å²) in [5, 5.41) is 11.7. The van der Waals surface area contributed by atoms with E-state index in [-0.39, 0.29) is 0 Å². The summed E-state index contributed by atoms with van der Waals surface area (Å²) in [6, 6.07) is 24.1. The van der Waals surface area contributed by atoms with Crippen LogP contribution in [0.3, 0.4) is 0 Å². The highest BCUT2D eigenvalue weighted by Gasteiger charge is 2.36. The normalized spacial score (nSPS) is 15.0. The monoisotopic (exact) mass is 1100 g/mol. The van der Waals surface area contributed by atoms with Gasteiger partial charge < -0.3 is 18.9 Å². The van der Waals surface area contributed by atoms with Crippen molar-refractivity contribution >= 4 is 194 Å². The molecule has 0 N–H and O–H groups in total. The lowest BCUT2D eigenvalue weighted by molar-refractivity contribution is 0.0373. The summed E-state index contributed by atoms with van der Waals surface area (Å²) in [4.78, 5) is 99.2. The smallest absolute Gasteiger partial charge is 0.346 e. The number of carbonyl (C=O) groups is 8. The van der Waals surface area contributed by atoms with Crippen LogP contribution in [0.1, 0.15) is 82.9 Å². The van der Waals surface area contributed by atoms with Crippen molar-refractivity contribution in [3.63, 3.8) is 0 Å². The average Bonchev–Trinajstić information content (AvgIpc) is 3.28. The van der Waals surface area contributed by atoms with Crippen molar-refractivity contribution < 1.29 is 57.3 Å². The third kappa shape index (κ3) is 4.85. The maximum Gasteiger partial charge on any atom is 0.346 e. The highest BCUT2D eigenvalue weighted by Crippen LogP contribution is 2.50. The van der Waals surface area contributed by atoms with Crippen LogP contribution in [0.2, 0.25) is 0 Å². The number of rotatable bonds is 0. The lowest BCUT2D eigenvalue weighted by Crippen LogP contribution is -2.20. The predicted molar refractivity (Wildman–Crippen MR) is 248 cm³/mol. The minimum atomic E-state index is -0.699. The molecule has 4 aliphatic heterocycles. The van der Waals surface area contributed by atoms with Crippen LogP contribution in [-0.4, -0.2) is 47.8 Å². The first kappa shape index (κ1) is 38.9. The topological polar surface area (TPSA) is 173 Å². The number of ether oxygens (including phenoxy) is 4. The van der Waals surface area contributed by atoms with Crippen LogP contribution >= 0.6 is 60.1 Å². The lowest BCUT2D eigenvalue weighted by Gasteiger charge is -2.24. The Bertz CT molecular complexity index is 3680. The standard InChI is InChI=1S/C24H6Br2O6.C24H8O6.Br2/c25-13-5-12-16-10(22(28)32-24(12)30)4-2-8-18-14(26)6-11-15-9(21(27)31-23(11)29)3-1-7(19(15)18)17(13)20(8)16;25-21-13-5-1-9-10-2-6-15-20-16(24(28)30-23(15)27)8-4-12(18(10)20)11-3-7-14(22(26)29-21)19(13)17(9)11;1-2/h1-6H;1-8H;. The minimum Gasteiger partial charge on any atom is -0.386 e. The van der Waals surface area contributed by atoms with E-state index in [1.807, 2.05) is 24.3 Å². The fraction of sp³-hybridized carbons (Fsp3) is 0. The molecule has 4 heterocycles. The highest BCUT2D eigenvalue weighted by molar-refractivity contribution is 9.93. The van der Waals surface area contributed by atoms with Gasteiger partial charge in [0.05, 0.1) is 44.5 Å². The quantitative estimate of drug-likeness (QED) is 0.0463. The number of esters is 8. The number of halogens is 4. The molecule has 64 heavy (non-hydrogen) atoms. The largest absolute Gasteiger partial charge is 0.386 e. The van der Waals surface area contributed by atoms with Gasteiger partial charge in [-0.2, -0.15) is 0 Å². The molecule has 306 valence electrons. The Morgan fingerprint density at radius 2 is 0.469 bits per heavy atom. The summed E-state index contributed by atoms with van der Waals surface area (Å²) in [5.74, 6) is -5.44. The zero-order chi connectivity index (χ0) is 44.4. The number of cyclic esters (lactones) is 8. The first-order chi connectivity index (χ1) is 30.9. The summed E-state index contributed by atoms with van der Waals surface area (Å²) in [5.41, 5.74) is 2.62. The molecule has 0 aliphatic carbocycles. The van der Waals surface area contributed by atoms with Crippen LogP contribution in [0.4, 0.5) is 0 Å². The molecule has 0 fully saturated rings. The Kier molecular flexibility index (Phi) is 8.15. The van der Waals surface area contributed by atoms with E-state index >= 15 is 0 Å². The fourth-order valence-corrected chi connectivity index (χ4v) is 11.3. The van der Waals surface area contributed by atoms with Gasteiger partial charge in [-0.25, -0.2) is 38.4 Å². The van der Waals surface area contributed by atoms with Crippen LogP contribution in [0.15, 0.2) is 93.9 Å². The van der Waals surface area contributed by atoms with Crippen LogP contribution in [0.25, 0.3) is 86.2 Å². The molecule has 10 aromatic carbocycles. The van der Waals surface area contributed by atoms with Gasteiger partial charge in [-0.15, -0.1) is 0 Å². The maximum absolute atomic E-state index is 12.5. The van der Waals surface area contributed by atoms with E-state index in [0.717, 1.165) is 64.6 Å². The van der Waals surface area contributed by atoms with Gasteiger partial charge in [-0.3, -0.25) is 0 Å². The second-order valence-corrected chi connectivity index (χ2v) is 16.9. The van der Waals surface area contributed by atoms with Crippen molar-refractivity contribution in [2.45, 2.75) is 0 Å². The van der Waals surface area contributed by atoms with Crippen LogP contribution in [0.5, 0.6) is 0 Å². The summed E-state index contributed by atoms with van der Waals surface area (Å²) >= 11 is 12.7. The Hall–Kier alpha value is -6.72. The van der Waals surface area contributed by atoms with Crippen molar-refractivity contribution in [3.8, 4) is 0 Å². The second kappa shape index (κ2) is 13.4. The number of fused-ring (bicyclic) bond motifs is 4. The van der Waals surface area contributed by atoms with E-state index in [0.29, 0.717) is 75.0 Å². The molecule has 0 unspecified atom stereocenters. The van der Waals surface area contributed by atoms with Crippen LogP contribution < -0.4 is 0 Å². The van der Waals surface area contributed by atoms with E-state index in [1.165, 1.54) is 0 Å². The molecule has 0 spiro atoms. The predicted octanol–water partition coefficient (Wildman–Crippen LogP) is 11.9. The summed E-state index contributed by atoms with van der Waals surface area (Å²) in [7, 11) is 0. The Morgan fingerprint density at radius 3 is 0.734 bits per heavy atom. The van der Waals surface area contributed by atoms with Crippen LogP contribution in [0, 0.1) is 0 Å². The maximum atomic E-state index is 12.5. The molecule has 16 heteroatoms. The van der Waals surface area contributed by atoms with Crippen molar-refractivity contribution in [2.24, 2.45) is 0 Å². The highest BCUT2D eigenvalue weighted by atomic mass is 80.9. The molecule has 0 radical (unpaired) electrons. The van der Waals surface area contributed by atoms with Crippen molar-refractivity contribution in [3.05, 3.63) is 138 Å². The molecule has 0 saturated heterocycles. The average molecular weight is 1100 g/mol. The molecule has 4 aliphatic rings. The molecule has 0 saturated carbocycles. The van der Waals surface area contributed by atoms with E-state index in [9.17, 15) is 38.4 Å². The number of benzene rings is 10. The van der Waals surface area contributed by atoms with Gasteiger partial charge in [-0.05, 0) is 91.6 Å². The van der Waals surface area contributed by atoms with Gasteiger partial charge in [0.25, 0.3) is 0 Å². The summed E-state index contributed by atoms with van der Waals surface area (Å²) in [6.07, 6.45) is 0. The number of hydrogen-bond acceptors (Lipinski definition) is 12. The van der Waals surface area contributed by atoms with Crippen molar-refractivity contribution in [2.75, 3.05) is 0 Å². The van der Waals surface area contributed by atoms with Gasteiger partial charge in [0, 0.05) is 80.3 Å². The molecule has 0 amide bonds. The summed E-state index contributed by atoms with van der Waals surface area (Å²) < 4.78 is 20.9. The van der Waals surface area contributed by atoms with Crippen molar-refractivity contribution in [1.29, 1.82) is 0 Å². The zero-order valence-corrected chi connectivity index (χ0v) is 37.8. The van der Waals surface area contributed by atoms with E-state index in [1.54, 1.807) is 60.7 Å². The molecular weight excluding hydrogens is 1090 g/mol. The Balaban J connectivity index is 0.000000131. The van der Waals surface area contributed by atoms with E-state index in [2.05, 4.69) is 60.1 Å². The van der Waals surface area contributed by atoms with Crippen molar-refractivity contribution in [1.82, 2.24) is 0 Å². The second-order valence-electron chi connectivity index (χ2n) is 15.2. The lowest BCUT2D eigenvalue weighted by atomic mass is 9.83. The van der Waals surface area contributed by atoms with E-state index < -0.39 is 47.8 Å². The minimum absolute atomic E-state index is 0.302. The third-order valence-corrected chi connectivity index (χ3v) is 13.7. The molecule has 10 aromatic rings. The molecular formula is C48H14Br4O12. The van der Waals surface area contributed by atoms with Crippen LogP contribution in [-0.2, 0) is 18.9 Å². The molecule has 0 bridgehead atoms. The third-order valence-electron chi connectivity index (χ3n) is 12.4. The Labute approximate surface area is 387 Å². The van der Waals surface area contributed by atoms with Gasteiger partial charge in [0.15, 0.2) is 0 Å². The van der Waals surface area contributed by atoms with Gasteiger partial charge in [-0.1, -0.05) is 68.3 Å².